The number of alkyl halides is 5. The van der Waals surface area contributed by atoms with Gasteiger partial charge in [-0.25, -0.2) is 0 Å². The molecule has 0 aliphatic carbocycles. The second-order valence-electron chi connectivity index (χ2n) is 7.26. The summed E-state index contributed by atoms with van der Waals surface area (Å²) in [6.45, 7) is 0.913. The Morgan fingerprint density at radius 3 is 2.42 bits per heavy atom. The highest BCUT2D eigenvalue weighted by molar-refractivity contribution is 6.01. The molecule has 2 N–H and O–H groups in total. The summed E-state index contributed by atoms with van der Waals surface area (Å²) in [5.41, 5.74) is 0.495. The van der Waals surface area contributed by atoms with Crippen LogP contribution in [-0.2, 0) is 14.4 Å². The van der Waals surface area contributed by atoms with Crippen LogP contribution in [0.25, 0.3) is 0 Å². The lowest BCUT2D eigenvalue weighted by Crippen LogP contribution is -2.54. The Balaban J connectivity index is 1.98. The predicted octanol–water partition coefficient (Wildman–Crippen LogP) is 2.26. The van der Waals surface area contributed by atoms with Crippen LogP contribution in [0.5, 0.6) is 5.75 Å². The lowest BCUT2D eigenvalue weighted by Gasteiger charge is -2.25. The third-order valence-electron chi connectivity index (χ3n) is 4.76. The smallest absolute Gasteiger partial charge is 0.455 e. The number of para-hydroxylation sites is 2. The Morgan fingerprint density at radius 1 is 1.19 bits per heavy atom. The minimum Gasteiger partial charge on any atom is -0.486 e. The number of nitrogens with one attached hydrogen (secondary N) is 2. The van der Waals surface area contributed by atoms with Gasteiger partial charge in [0.1, 0.15) is 17.9 Å². The molecule has 1 heterocycles. The van der Waals surface area contributed by atoms with Gasteiger partial charge in [0.25, 0.3) is 5.91 Å². The van der Waals surface area contributed by atoms with Crippen molar-refractivity contribution in [2.45, 2.75) is 44.5 Å². The zero-order valence-electron chi connectivity index (χ0n) is 16.9. The van der Waals surface area contributed by atoms with Gasteiger partial charge in [0, 0.05) is 19.4 Å². The highest BCUT2D eigenvalue weighted by Gasteiger charge is 2.57. The summed E-state index contributed by atoms with van der Waals surface area (Å²) in [6.07, 6.45) is -7.22. The molecule has 0 unspecified atom stereocenters. The summed E-state index contributed by atoms with van der Waals surface area (Å²) in [6, 6.07) is 5.63. The molecule has 3 atom stereocenters. The molecule has 0 aromatic heterocycles. The number of amides is 3. The first-order valence-electron chi connectivity index (χ1n) is 9.29. The third-order valence-corrected chi connectivity index (χ3v) is 4.76. The van der Waals surface area contributed by atoms with Crippen LogP contribution in [0.1, 0.15) is 20.3 Å². The van der Waals surface area contributed by atoms with E-state index in [0.29, 0.717) is 11.4 Å². The number of halogens is 5. The molecule has 0 bridgehead atoms. The number of benzene rings is 1. The first-order chi connectivity index (χ1) is 14.2. The highest BCUT2D eigenvalue weighted by Crippen LogP contribution is 2.34. The van der Waals surface area contributed by atoms with Crippen molar-refractivity contribution in [2.24, 2.45) is 5.92 Å². The molecule has 31 heavy (non-hydrogen) atoms. The van der Waals surface area contributed by atoms with Crippen molar-refractivity contribution in [3.05, 3.63) is 24.3 Å². The molecule has 0 radical (unpaired) electrons. The van der Waals surface area contributed by atoms with Gasteiger partial charge >= 0.3 is 12.1 Å². The minimum atomic E-state index is -5.80. The fraction of sp³-hybridized carbons (Fsp3) is 0.526. The Kier molecular flexibility index (Phi) is 7.12. The first-order valence-corrected chi connectivity index (χ1v) is 9.29. The van der Waals surface area contributed by atoms with Crippen molar-refractivity contribution in [1.82, 2.24) is 10.6 Å². The summed E-state index contributed by atoms with van der Waals surface area (Å²) >= 11 is 0. The van der Waals surface area contributed by atoms with E-state index in [1.165, 1.54) is 24.2 Å². The van der Waals surface area contributed by atoms with E-state index in [-0.39, 0.29) is 0 Å². The maximum Gasteiger partial charge on any atom is 0.455 e. The minimum absolute atomic E-state index is 0.431. The van der Waals surface area contributed by atoms with Crippen LogP contribution in [-0.4, -0.2) is 55.6 Å². The number of hydrogen-bond acceptors (Lipinski definition) is 4. The molecule has 2 rings (SSSR count). The van der Waals surface area contributed by atoms with Crippen LogP contribution in [0.3, 0.4) is 0 Å². The SMILES string of the molecule is C[C@H](CC(=O)NCC(F)(F)C(F)(F)F)C(=O)N[C@@H]1C(=O)N(C)c2ccccc2O[C@@H]1C. The van der Waals surface area contributed by atoms with Crippen molar-refractivity contribution < 1.29 is 41.1 Å². The van der Waals surface area contributed by atoms with E-state index in [1.807, 2.05) is 0 Å². The van der Waals surface area contributed by atoms with Crippen molar-refractivity contribution in [1.29, 1.82) is 0 Å². The van der Waals surface area contributed by atoms with Crippen LogP contribution in [0.15, 0.2) is 24.3 Å². The molecule has 0 fully saturated rings. The highest BCUT2D eigenvalue weighted by atomic mass is 19.4. The maximum absolute atomic E-state index is 12.9. The van der Waals surface area contributed by atoms with Crippen LogP contribution in [0, 0.1) is 5.92 Å². The molecule has 1 aliphatic heterocycles. The second-order valence-corrected chi connectivity index (χ2v) is 7.26. The lowest BCUT2D eigenvalue weighted by molar-refractivity contribution is -0.278. The molecule has 1 aromatic carbocycles. The van der Waals surface area contributed by atoms with Crippen LogP contribution >= 0.6 is 0 Å². The van der Waals surface area contributed by atoms with E-state index in [4.69, 9.17) is 4.74 Å². The molecule has 0 spiro atoms. The number of nitrogens with zero attached hydrogens (tertiary/aromatic N) is 1. The molecule has 0 saturated carbocycles. The third kappa shape index (κ3) is 5.61. The van der Waals surface area contributed by atoms with Gasteiger partial charge in [-0.15, -0.1) is 0 Å². The molecule has 12 heteroatoms. The normalized spacial score (nSPS) is 20.3. The van der Waals surface area contributed by atoms with Crippen LogP contribution < -0.4 is 20.3 Å². The van der Waals surface area contributed by atoms with Crippen molar-refractivity contribution in [3.63, 3.8) is 0 Å². The van der Waals surface area contributed by atoms with Crippen molar-refractivity contribution in [3.8, 4) is 5.75 Å². The number of carbonyl (C=O) groups excluding carboxylic acids is 3. The zero-order chi connectivity index (χ0) is 23.6. The topological polar surface area (TPSA) is 87.7 Å². The van der Waals surface area contributed by atoms with E-state index < -0.39 is 60.8 Å². The monoisotopic (exact) mass is 451 g/mol. The van der Waals surface area contributed by atoms with Gasteiger partial charge in [-0.2, -0.15) is 22.0 Å². The number of rotatable bonds is 6. The molecule has 3 amide bonds. The van der Waals surface area contributed by atoms with E-state index >= 15 is 0 Å². The van der Waals surface area contributed by atoms with E-state index in [2.05, 4.69) is 5.32 Å². The molecule has 7 nitrogen and oxygen atoms in total. The van der Waals surface area contributed by atoms with Gasteiger partial charge in [-0.1, -0.05) is 19.1 Å². The maximum atomic E-state index is 12.9. The van der Waals surface area contributed by atoms with Gasteiger partial charge in [-0.05, 0) is 19.1 Å². The number of hydrogen-bond donors (Lipinski definition) is 2. The van der Waals surface area contributed by atoms with Crippen LogP contribution in [0.4, 0.5) is 27.6 Å². The molecule has 172 valence electrons. The second kappa shape index (κ2) is 9.06. The van der Waals surface area contributed by atoms with E-state index in [1.54, 1.807) is 31.2 Å². The quantitative estimate of drug-likeness (QED) is 0.650. The van der Waals surface area contributed by atoms with Gasteiger partial charge in [0.05, 0.1) is 12.2 Å². The Bertz CT molecular complexity index is 846. The lowest BCUT2D eigenvalue weighted by atomic mass is 10.0. The van der Waals surface area contributed by atoms with Crippen molar-refractivity contribution in [2.75, 3.05) is 18.5 Å². The Morgan fingerprint density at radius 2 is 1.81 bits per heavy atom. The van der Waals surface area contributed by atoms with Gasteiger partial charge < -0.3 is 20.3 Å². The predicted molar refractivity (Wildman–Crippen MR) is 99.7 cm³/mol. The van der Waals surface area contributed by atoms with Gasteiger partial charge in [0.2, 0.25) is 11.8 Å². The molecular weight excluding hydrogens is 429 g/mol. The number of anilines is 1. The number of ether oxygens (including phenoxy) is 1. The fourth-order valence-electron chi connectivity index (χ4n) is 2.86. The summed E-state index contributed by atoms with van der Waals surface area (Å²) in [7, 11) is 1.50. The molecular formula is C19H22F5N3O4. The molecule has 1 aliphatic rings. The largest absolute Gasteiger partial charge is 0.486 e. The van der Waals surface area contributed by atoms with Gasteiger partial charge in [0.15, 0.2) is 0 Å². The first kappa shape index (κ1) is 24.4. The van der Waals surface area contributed by atoms with E-state index in [0.717, 1.165) is 0 Å². The average molecular weight is 451 g/mol. The zero-order valence-corrected chi connectivity index (χ0v) is 16.9. The Labute approximate surface area is 174 Å². The fourth-order valence-corrected chi connectivity index (χ4v) is 2.86. The summed E-state index contributed by atoms with van der Waals surface area (Å²) < 4.78 is 68.0. The summed E-state index contributed by atoms with van der Waals surface area (Å²) in [5.74, 6) is -8.16. The van der Waals surface area contributed by atoms with Gasteiger partial charge in [-0.3, -0.25) is 14.4 Å². The van der Waals surface area contributed by atoms with Crippen molar-refractivity contribution >= 4 is 23.4 Å². The summed E-state index contributed by atoms with van der Waals surface area (Å²) in [5, 5.41) is 3.94. The van der Waals surface area contributed by atoms with Crippen LogP contribution in [0.2, 0.25) is 0 Å². The molecule has 0 saturated heterocycles. The average Bonchev–Trinajstić information content (AvgIpc) is 2.76. The number of fused-ring (bicyclic) bond motifs is 1. The standard InChI is InChI=1S/C19H22F5N3O4/c1-10(8-14(28)25-9-18(20,21)19(22,23)24)16(29)26-15-11(2)31-13-7-5-4-6-12(13)27(3)17(15)30/h4-7,10-11,15H,8-9H2,1-3H3,(H,25,28)(H,26,29)/t10-,11-,15+/m1/s1. The number of likely N-dealkylation sites (N-methyl/N-ethyl adjacent to an activating group) is 1. The molecule has 1 aromatic rings. The number of carbonyl (C=O) groups is 3. The van der Waals surface area contributed by atoms with E-state index in [9.17, 15) is 36.3 Å². The Hall–Kier alpha value is -2.92. The summed E-state index contributed by atoms with van der Waals surface area (Å²) in [4.78, 5) is 38.2.